The van der Waals surface area contributed by atoms with Crippen molar-refractivity contribution in [3.63, 3.8) is 0 Å². The van der Waals surface area contributed by atoms with Crippen molar-refractivity contribution in [3.05, 3.63) is 52.9 Å². The van der Waals surface area contributed by atoms with Crippen molar-refractivity contribution in [2.24, 2.45) is 0 Å². The highest BCUT2D eigenvalue weighted by molar-refractivity contribution is 6.13. The van der Waals surface area contributed by atoms with E-state index < -0.39 is 5.54 Å². The Hall–Kier alpha value is -3.02. The van der Waals surface area contributed by atoms with Gasteiger partial charge < -0.3 is 14.3 Å². The molecule has 1 N–H and O–H groups in total. The molecule has 0 spiro atoms. The number of hydrogen-bond acceptors (Lipinski definition) is 3. The SMILES string of the molecule is Cc1cc(C)cc(N2C(=O)c3cc4oc(C)cc4n3C[C@]2(C)C(=O)NC2CCCCCC2)c1. The summed E-state index contributed by atoms with van der Waals surface area (Å²) in [4.78, 5) is 29.6. The number of carbonyl (C=O) groups is 2. The molecule has 1 fully saturated rings. The summed E-state index contributed by atoms with van der Waals surface area (Å²) in [5.41, 5.74) is 3.94. The number of nitrogens with zero attached hydrogens (tertiary/aromatic N) is 2. The maximum absolute atomic E-state index is 13.9. The van der Waals surface area contributed by atoms with E-state index in [4.69, 9.17) is 4.42 Å². The summed E-state index contributed by atoms with van der Waals surface area (Å²) in [6, 6.07) is 9.99. The summed E-state index contributed by atoms with van der Waals surface area (Å²) < 4.78 is 7.78. The van der Waals surface area contributed by atoms with Crippen LogP contribution in [-0.2, 0) is 11.3 Å². The van der Waals surface area contributed by atoms with Crippen molar-refractivity contribution in [1.82, 2.24) is 9.88 Å². The summed E-state index contributed by atoms with van der Waals surface area (Å²) in [7, 11) is 0. The van der Waals surface area contributed by atoms with Crippen molar-refractivity contribution in [1.29, 1.82) is 0 Å². The zero-order chi connectivity index (χ0) is 23.3. The van der Waals surface area contributed by atoms with Gasteiger partial charge in [-0.15, -0.1) is 0 Å². The van der Waals surface area contributed by atoms with Crippen molar-refractivity contribution in [3.8, 4) is 0 Å². The van der Waals surface area contributed by atoms with E-state index in [1.54, 1.807) is 4.90 Å². The molecule has 0 radical (unpaired) electrons. The molecule has 5 rings (SSSR count). The molecule has 1 aliphatic heterocycles. The molecular formula is C27H33N3O3. The Morgan fingerprint density at radius 2 is 1.67 bits per heavy atom. The van der Waals surface area contributed by atoms with Gasteiger partial charge in [-0.1, -0.05) is 31.7 Å². The van der Waals surface area contributed by atoms with Gasteiger partial charge in [0.05, 0.1) is 12.1 Å². The molecule has 1 aromatic carbocycles. The van der Waals surface area contributed by atoms with Gasteiger partial charge in [0.1, 0.15) is 17.0 Å². The van der Waals surface area contributed by atoms with Crippen LogP contribution in [0.15, 0.2) is 34.7 Å². The molecule has 2 aromatic heterocycles. The summed E-state index contributed by atoms with van der Waals surface area (Å²) in [5, 5.41) is 3.33. The number of amides is 2. The van der Waals surface area contributed by atoms with Gasteiger partial charge in [-0.25, -0.2) is 0 Å². The number of carbonyl (C=O) groups excluding carboxylic acids is 2. The number of benzene rings is 1. The molecule has 0 saturated heterocycles. The minimum absolute atomic E-state index is 0.0883. The maximum Gasteiger partial charge on any atom is 0.276 e. The molecule has 1 saturated carbocycles. The second-order valence-electron chi connectivity index (χ2n) is 10.1. The van der Waals surface area contributed by atoms with Crippen LogP contribution in [0, 0.1) is 20.8 Å². The second-order valence-corrected chi connectivity index (χ2v) is 10.1. The maximum atomic E-state index is 13.9. The zero-order valence-corrected chi connectivity index (χ0v) is 20.0. The Morgan fingerprint density at radius 3 is 2.33 bits per heavy atom. The van der Waals surface area contributed by atoms with Crippen LogP contribution in [0.5, 0.6) is 0 Å². The van der Waals surface area contributed by atoms with Crippen LogP contribution in [0.2, 0.25) is 0 Å². The van der Waals surface area contributed by atoms with Gasteiger partial charge in [0.15, 0.2) is 5.58 Å². The molecule has 0 bridgehead atoms. The third-order valence-corrected chi connectivity index (χ3v) is 7.24. The van der Waals surface area contributed by atoms with Crippen LogP contribution < -0.4 is 10.2 Å². The third-order valence-electron chi connectivity index (χ3n) is 7.24. The average Bonchev–Trinajstić information content (AvgIpc) is 3.13. The van der Waals surface area contributed by atoms with Gasteiger partial charge in [0.2, 0.25) is 5.91 Å². The molecule has 3 heterocycles. The van der Waals surface area contributed by atoms with Gasteiger partial charge in [-0.2, -0.15) is 0 Å². The minimum Gasteiger partial charge on any atom is -0.460 e. The fraction of sp³-hybridized carbons (Fsp3) is 0.481. The van der Waals surface area contributed by atoms with Crippen molar-refractivity contribution in [2.45, 2.75) is 84.3 Å². The lowest BCUT2D eigenvalue weighted by Gasteiger charge is -2.44. The third kappa shape index (κ3) is 3.75. The molecule has 2 aliphatic rings. The lowest BCUT2D eigenvalue weighted by molar-refractivity contribution is -0.127. The number of rotatable bonds is 3. The first kappa shape index (κ1) is 21.8. The highest BCUT2D eigenvalue weighted by Gasteiger charge is 2.49. The Kier molecular flexibility index (Phi) is 5.34. The van der Waals surface area contributed by atoms with Crippen LogP contribution >= 0.6 is 0 Å². The molecule has 33 heavy (non-hydrogen) atoms. The van der Waals surface area contributed by atoms with E-state index in [2.05, 4.69) is 11.4 Å². The first-order valence-corrected chi connectivity index (χ1v) is 12.1. The molecule has 1 atom stereocenters. The molecule has 174 valence electrons. The average molecular weight is 448 g/mol. The van der Waals surface area contributed by atoms with Crippen LogP contribution in [0.25, 0.3) is 11.1 Å². The number of hydrogen-bond donors (Lipinski definition) is 1. The van der Waals surface area contributed by atoms with E-state index in [1.165, 1.54) is 12.8 Å². The Balaban J connectivity index is 1.61. The second kappa shape index (κ2) is 8.08. The normalized spacial score (nSPS) is 21.8. The highest BCUT2D eigenvalue weighted by Crippen LogP contribution is 2.37. The molecular weight excluding hydrogens is 414 g/mol. The van der Waals surface area contributed by atoms with Gasteiger partial charge >= 0.3 is 0 Å². The fourth-order valence-electron chi connectivity index (χ4n) is 5.65. The summed E-state index contributed by atoms with van der Waals surface area (Å²) in [6.45, 7) is 8.22. The van der Waals surface area contributed by atoms with Crippen LogP contribution in [0.1, 0.15) is 72.8 Å². The van der Waals surface area contributed by atoms with Crippen LogP contribution in [0.4, 0.5) is 5.69 Å². The van der Waals surface area contributed by atoms with Crippen LogP contribution in [-0.4, -0.2) is 28.0 Å². The van der Waals surface area contributed by atoms with E-state index in [0.717, 1.165) is 53.8 Å². The van der Waals surface area contributed by atoms with E-state index in [-0.39, 0.29) is 17.9 Å². The zero-order valence-electron chi connectivity index (χ0n) is 20.0. The Labute approximate surface area is 194 Å². The van der Waals surface area contributed by atoms with Gasteiger partial charge in [-0.05, 0) is 63.8 Å². The number of aromatic nitrogens is 1. The Morgan fingerprint density at radius 1 is 1.00 bits per heavy atom. The van der Waals surface area contributed by atoms with Crippen molar-refractivity contribution < 1.29 is 14.0 Å². The number of anilines is 1. The first-order chi connectivity index (χ1) is 15.8. The van der Waals surface area contributed by atoms with Crippen molar-refractivity contribution >= 4 is 28.6 Å². The van der Waals surface area contributed by atoms with Crippen molar-refractivity contribution in [2.75, 3.05) is 4.90 Å². The number of nitrogens with one attached hydrogen (secondary N) is 1. The molecule has 3 aromatic rings. The van der Waals surface area contributed by atoms with Gasteiger partial charge in [0, 0.05) is 23.9 Å². The first-order valence-electron chi connectivity index (χ1n) is 12.1. The summed E-state index contributed by atoms with van der Waals surface area (Å²) in [5.74, 6) is 0.535. The monoisotopic (exact) mass is 447 g/mol. The Bertz CT molecular complexity index is 1210. The van der Waals surface area contributed by atoms with E-state index in [1.807, 2.05) is 56.5 Å². The molecule has 6 heteroatoms. The van der Waals surface area contributed by atoms with E-state index in [9.17, 15) is 9.59 Å². The fourth-order valence-corrected chi connectivity index (χ4v) is 5.65. The van der Waals surface area contributed by atoms with E-state index in [0.29, 0.717) is 17.8 Å². The number of aryl methyl sites for hydroxylation is 3. The largest absolute Gasteiger partial charge is 0.460 e. The topological polar surface area (TPSA) is 67.5 Å². The molecule has 2 amide bonds. The van der Waals surface area contributed by atoms with E-state index >= 15 is 0 Å². The highest BCUT2D eigenvalue weighted by atomic mass is 16.3. The van der Waals surface area contributed by atoms with Crippen LogP contribution in [0.3, 0.4) is 0 Å². The predicted molar refractivity (Wildman–Crippen MR) is 130 cm³/mol. The molecule has 1 aliphatic carbocycles. The molecule has 0 unspecified atom stereocenters. The quantitative estimate of drug-likeness (QED) is 0.545. The minimum atomic E-state index is -1.06. The lowest BCUT2D eigenvalue weighted by Crippen LogP contribution is -2.65. The number of fused-ring (bicyclic) bond motifs is 3. The molecule has 6 nitrogen and oxygen atoms in total. The standard InChI is InChI=1S/C27H33N3O3/c1-17-11-18(2)13-21(12-17)30-25(31)23-15-24-22(14-19(3)33-24)29(23)16-27(30,4)26(32)28-20-9-7-5-6-8-10-20/h11-15,20H,5-10,16H2,1-4H3,(H,28,32)/t27-/m1/s1. The van der Waals surface area contributed by atoms with Gasteiger partial charge in [-0.3, -0.25) is 14.5 Å². The predicted octanol–water partition coefficient (Wildman–Crippen LogP) is 5.42. The summed E-state index contributed by atoms with van der Waals surface area (Å²) >= 11 is 0. The lowest BCUT2D eigenvalue weighted by atomic mass is 9.92. The van der Waals surface area contributed by atoms with Gasteiger partial charge in [0.25, 0.3) is 5.91 Å². The summed E-state index contributed by atoms with van der Waals surface area (Å²) in [6.07, 6.45) is 6.72. The smallest absolute Gasteiger partial charge is 0.276 e. The number of furan rings is 1.